The van der Waals surface area contributed by atoms with Crippen LogP contribution >= 0.6 is 11.6 Å². The molecular formula is C27H24ClN5O. The van der Waals surface area contributed by atoms with Crippen LogP contribution in [0.1, 0.15) is 24.1 Å². The maximum Gasteiger partial charge on any atom is 0.253 e. The fraction of sp³-hybridized carbons (Fsp3) is 0.185. The van der Waals surface area contributed by atoms with Gasteiger partial charge < -0.3 is 15.5 Å². The second-order valence-corrected chi connectivity index (χ2v) is 9.21. The summed E-state index contributed by atoms with van der Waals surface area (Å²) in [6.45, 7) is 2.59. The van der Waals surface area contributed by atoms with E-state index >= 15 is 0 Å². The van der Waals surface area contributed by atoms with E-state index in [0.717, 1.165) is 28.2 Å². The number of fused-ring (bicyclic) bond motifs is 1. The van der Waals surface area contributed by atoms with Crippen molar-refractivity contribution in [2.24, 2.45) is 0 Å². The number of para-hydroxylation sites is 1. The molecule has 0 bridgehead atoms. The molecule has 3 aliphatic rings. The molecule has 2 aromatic carbocycles. The highest BCUT2D eigenvalue weighted by Crippen LogP contribution is 2.51. The molecule has 1 amide bonds. The molecule has 3 unspecified atom stereocenters. The quantitative estimate of drug-likeness (QED) is 0.525. The molecule has 170 valence electrons. The molecule has 34 heavy (non-hydrogen) atoms. The molecule has 3 atom stereocenters. The number of halogens is 1. The van der Waals surface area contributed by atoms with E-state index in [0.29, 0.717) is 17.3 Å². The Morgan fingerprint density at radius 3 is 2.74 bits per heavy atom. The van der Waals surface area contributed by atoms with E-state index in [2.05, 4.69) is 44.0 Å². The highest BCUT2D eigenvalue weighted by Gasteiger charge is 2.57. The zero-order chi connectivity index (χ0) is 23.3. The van der Waals surface area contributed by atoms with Crippen LogP contribution in [-0.4, -0.2) is 23.6 Å². The Labute approximate surface area is 203 Å². The Bertz CT molecular complexity index is 1340. The van der Waals surface area contributed by atoms with E-state index in [9.17, 15) is 4.79 Å². The minimum absolute atomic E-state index is 0.00130. The number of nitrogens with zero attached hydrogens (tertiary/aromatic N) is 2. The van der Waals surface area contributed by atoms with Crippen LogP contribution in [0.15, 0.2) is 96.5 Å². The molecule has 3 N–H and O–H groups in total. The van der Waals surface area contributed by atoms with E-state index in [1.165, 1.54) is 0 Å². The third-order valence-corrected chi connectivity index (χ3v) is 7.33. The van der Waals surface area contributed by atoms with Gasteiger partial charge >= 0.3 is 0 Å². The number of anilines is 2. The van der Waals surface area contributed by atoms with Gasteiger partial charge in [0.1, 0.15) is 5.54 Å². The van der Waals surface area contributed by atoms with Crippen LogP contribution in [0.3, 0.4) is 0 Å². The summed E-state index contributed by atoms with van der Waals surface area (Å²) in [4.78, 5) is 20.0. The largest absolute Gasteiger partial charge is 0.356 e. The Hall–Kier alpha value is -3.61. The van der Waals surface area contributed by atoms with Crippen LogP contribution in [-0.2, 0) is 10.3 Å². The van der Waals surface area contributed by atoms with Crippen molar-refractivity contribution in [3.8, 4) is 0 Å². The van der Waals surface area contributed by atoms with Crippen molar-refractivity contribution >= 4 is 28.9 Å². The van der Waals surface area contributed by atoms with Gasteiger partial charge in [0.15, 0.2) is 0 Å². The van der Waals surface area contributed by atoms with Crippen LogP contribution in [0.4, 0.5) is 11.4 Å². The first kappa shape index (κ1) is 21.0. The molecule has 3 heterocycles. The van der Waals surface area contributed by atoms with Crippen molar-refractivity contribution in [2.75, 3.05) is 16.9 Å². The molecule has 1 saturated heterocycles. The first-order valence-electron chi connectivity index (χ1n) is 11.4. The van der Waals surface area contributed by atoms with Gasteiger partial charge in [0, 0.05) is 34.4 Å². The van der Waals surface area contributed by atoms with E-state index in [-0.39, 0.29) is 18.0 Å². The number of carbonyl (C=O) groups is 1. The Kier molecular flexibility index (Phi) is 4.94. The number of amides is 1. The summed E-state index contributed by atoms with van der Waals surface area (Å²) in [6.07, 6.45) is 7.68. The van der Waals surface area contributed by atoms with Crippen LogP contribution in [0.5, 0.6) is 0 Å². The molecule has 1 spiro atoms. The monoisotopic (exact) mass is 469 g/mol. The van der Waals surface area contributed by atoms with Gasteiger partial charge in [0.2, 0.25) is 0 Å². The van der Waals surface area contributed by atoms with Crippen molar-refractivity contribution in [2.45, 2.75) is 24.5 Å². The van der Waals surface area contributed by atoms with Gasteiger partial charge in [-0.2, -0.15) is 0 Å². The number of carbonyl (C=O) groups excluding carboxylic acids is 1. The van der Waals surface area contributed by atoms with E-state index < -0.39 is 5.54 Å². The lowest BCUT2D eigenvalue weighted by Gasteiger charge is -2.37. The Morgan fingerprint density at radius 1 is 1.15 bits per heavy atom. The van der Waals surface area contributed by atoms with Gasteiger partial charge in [0.05, 0.1) is 30.0 Å². The molecule has 3 aromatic rings. The molecule has 1 aromatic heterocycles. The second-order valence-electron chi connectivity index (χ2n) is 8.80. The highest BCUT2D eigenvalue weighted by atomic mass is 35.5. The molecular weight excluding hydrogens is 446 g/mol. The lowest BCUT2D eigenvalue weighted by Crippen LogP contribution is -2.49. The number of hydrogen-bond donors (Lipinski definition) is 3. The van der Waals surface area contributed by atoms with Crippen molar-refractivity contribution in [3.05, 3.63) is 113 Å². The summed E-state index contributed by atoms with van der Waals surface area (Å²) in [5.41, 5.74) is 5.07. The topological polar surface area (TPSA) is 69.3 Å². The number of hydrogen-bond acceptors (Lipinski definition) is 5. The Morgan fingerprint density at radius 2 is 1.91 bits per heavy atom. The molecule has 2 aliphatic heterocycles. The van der Waals surface area contributed by atoms with Gasteiger partial charge in [-0.3, -0.25) is 15.1 Å². The molecule has 7 heteroatoms. The number of nitrogens with one attached hydrogen (secondary N) is 3. The van der Waals surface area contributed by atoms with Gasteiger partial charge in [-0.05, 0) is 42.8 Å². The zero-order valence-electron chi connectivity index (χ0n) is 18.6. The van der Waals surface area contributed by atoms with Crippen molar-refractivity contribution < 1.29 is 4.79 Å². The summed E-state index contributed by atoms with van der Waals surface area (Å²) in [7, 11) is 0. The third kappa shape index (κ3) is 3.06. The molecule has 6 rings (SSSR count). The number of aromatic nitrogens is 1. The predicted molar refractivity (Wildman–Crippen MR) is 134 cm³/mol. The average molecular weight is 470 g/mol. The summed E-state index contributed by atoms with van der Waals surface area (Å²) in [6, 6.07) is 19.6. The molecule has 0 saturated carbocycles. The first-order valence-corrected chi connectivity index (χ1v) is 11.7. The fourth-order valence-electron chi connectivity index (χ4n) is 5.39. The first-order chi connectivity index (χ1) is 16.6. The third-order valence-electron chi connectivity index (χ3n) is 6.99. The summed E-state index contributed by atoms with van der Waals surface area (Å²) in [5, 5.41) is 11.1. The molecule has 1 aliphatic carbocycles. The maximum atomic E-state index is 13.6. The Balaban J connectivity index is 1.40. The SMILES string of the molecule is CC(NC(=O)C1=C2Nc3ccccc3C23NCN(c2ccncc2)C3C=C1)c1ccccc1Cl. The van der Waals surface area contributed by atoms with Gasteiger partial charge in [-0.1, -0.05) is 54.1 Å². The summed E-state index contributed by atoms with van der Waals surface area (Å²) >= 11 is 6.37. The van der Waals surface area contributed by atoms with Crippen LogP contribution in [0.25, 0.3) is 0 Å². The van der Waals surface area contributed by atoms with E-state index in [1.807, 2.05) is 61.5 Å². The average Bonchev–Trinajstić information content (AvgIpc) is 3.42. The molecule has 0 radical (unpaired) electrons. The minimum Gasteiger partial charge on any atom is -0.356 e. The van der Waals surface area contributed by atoms with E-state index in [4.69, 9.17) is 11.6 Å². The van der Waals surface area contributed by atoms with Gasteiger partial charge in [-0.15, -0.1) is 0 Å². The standard InChI is InChI=1S/C27H24ClN5O/c1-17(19-6-2-4-8-22(19)28)31-26(34)20-10-11-24-27(21-7-3-5-9-23(21)32-25(20)27)30-16-33(24)18-12-14-29-15-13-18/h2-15,17,24,30,32H,16H2,1H3,(H,31,34). The van der Waals surface area contributed by atoms with Crippen LogP contribution in [0, 0.1) is 0 Å². The lowest BCUT2D eigenvalue weighted by molar-refractivity contribution is -0.117. The van der Waals surface area contributed by atoms with Crippen molar-refractivity contribution in [1.82, 2.24) is 15.6 Å². The second kappa shape index (κ2) is 8.01. The number of rotatable bonds is 4. The molecule has 1 fully saturated rings. The predicted octanol–water partition coefficient (Wildman–Crippen LogP) is 4.49. The van der Waals surface area contributed by atoms with Gasteiger partial charge in [-0.25, -0.2) is 0 Å². The van der Waals surface area contributed by atoms with Crippen LogP contribution < -0.4 is 20.9 Å². The molecule has 6 nitrogen and oxygen atoms in total. The van der Waals surface area contributed by atoms with Crippen LogP contribution in [0.2, 0.25) is 5.02 Å². The summed E-state index contributed by atoms with van der Waals surface area (Å²) < 4.78 is 0. The fourth-order valence-corrected chi connectivity index (χ4v) is 5.69. The minimum atomic E-state index is -0.547. The highest BCUT2D eigenvalue weighted by molar-refractivity contribution is 6.31. The van der Waals surface area contributed by atoms with Crippen molar-refractivity contribution in [3.63, 3.8) is 0 Å². The lowest BCUT2D eigenvalue weighted by atomic mass is 9.77. The number of benzene rings is 2. The van der Waals surface area contributed by atoms with E-state index in [1.54, 1.807) is 12.4 Å². The van der Waals surface area contributed by atoms with Gasteiger partial charge in [0.25, 0.3) is 5.91 Å². The smallest absolute Gasteiger partial charge is 0.253 e. The zero-order valence-corrected chi connectivity index (χ0v) is 19.4. The maximum absolute atomic E-state index is 13.6. The summed E-state index contributed by atoms with van der Waals surface area (Å²) in [5.74, 6) is -0.138. The normalized spacial score (nSPS) is 23.1. The van der Waals surface area contributed by atoms with Crippen molar-refractivity contribution in [1.29, 1.82) is 0 Å². The number of pyridine rings is 1.